The molecule has 0 unspecified atom stereocenters. The Hall–Kier alpha value is -2.80. The van der Waals surface area contributed by atoms with E-state index in [0.717, 1.165) is 31.7 Å². The second-order valence-corrected chi connectivity index (χ2v) is 7.86. The van der Waals surface area contributed by atoms with Gasteiger partial charge in [0, 0.05) is 10.9 Å². The highest BCUT2D eigenvalue weighted by Crippen LogP contribution is 2.36. The molecule has 0 spiro atoms. The molecule has 1 aliphatic rings. The summed E-state index contributed by atoms with van der Waals surface area (Å²) in [6.07, 6.45) is 4.03. The molecule has 0 saturated heterocycles. The topological polar surface area (TPSA) is 0 Å². The summed E-state index contributed by atoms with van der Waals surface area (Å²) < 4.78 is 56.2. The smallest absolute Gasteiger partial charge is 0.166 e. The van der Waals surface area contributed by atoms with Gasteiger partial charge in [0.05, 0.1) is 5.56 Å². The highest BCUT2D eigenvalue weighted by atomic mass is 19.2. The Labute approximate surface area is 167 Å². The first kappa shape index (κ1) is 19.5. The van der Waals surface area contributed by atoms with Crippen molar-refractivity contribution in [2.75, 3.05) is 0 Å². The Morgan fingerprint density at radius 3 is 2.14 bits per heavy atom. The Balaban J connectivity index is 1.63. The van der Waals surface area contributed by atoms with E-state index in [1.807, 2.05) is 0 Å². The van der Waals surface area contributed by atoms with Gasteiger partial charge in [-0.05, 0) is 66.0 Å². The van der Waals surface area contributed by atoms with E-state index in [2.05, 4.69) is 18.8 Å². The number of hydrogen-bond acceptors (Lipinski definition) is 0. The quantitative estimate of drug-likeness (QED) is 0.304. The first-order valence-electron chi connectivity index (χ1n) is 9.81. The van der Waals surface area contributed by atoms with E-state index in [4.69, 9.17) is 0 Å². The summed E-state index contributed by atoms with van der Waals surface area (Å²) in [4.78, 5) is 0. The normalized spacial score (nSPS) is 19.1. The molecule has 4 heteroatoms. The molecule has 0 nitrogen and oxygen atoms in total. The van der Waals surface area contributed by atoms with E-state index < -0.39 is 23.3 Å². The Morgan fingerprint density at radius 1 is 0.759 bits per heavy atom. The van der Waals surface area contributed by atoms with E-state index in [0.29, 0.717) is 22.4 Å². The second kappa shape index (κ2) is 7.91. The van der Waals surface area contributed by atoms with Crippen LogP contribution in [0.2, 0.25) is 0 Å². The van der Waals surface area contributed by atoms with Gasteiger partial charge in [0.15, 0.2) is 11.6 Å². The Kier molecular flexibility index (Phi) is 5.32. The first-order chi connectivity index (χ1) is 13.9. The molecule has 148 valence electrons. The van der Waals surface area contributed by atoms with Crippen molar-refractivity contribution in [1.82, 2.24) is 0 Å². The number of fused-ring (bicyclic) bond motifs is 1. The van der Waals surface area contributed by atoms with Crippen molar-refractivity contribution in [1.29, 1.82) is 0 Å². The monoisotopic (exact) mass is 396 g/mol. The lowest BCUT2D eigenvalue weighted by molar-refractivity contribution is 0.346. The molecular weight excluding hydrogens is 376 g/mol. The van der Waals surface area contributed by atoms with Crippen molar-refractivity contribution in [3.8, 4) is 11.8 Å². The molecule has 0 atom stereocenters. The number of benzene rings is 3. The minimum Gasteiger partial charge on any atom is -0.206 e. The maximum absolute atomic E-state index is 14.6. The van der Waals surface area contributed by atoms with Crippen molar-refractivity contribution in [3.63, 3.8) is 0 Å². The van der Waals surface area contributed by atoms with E-state index >= 15 is 0 Å². The van der Waals surface area contributed by atoms with Crippen LogP contribution in [-0.4, -0.2) is 0 Å². The Bertz CT molecular complexity index is 1110. The molecule has 4 rings (SSSR count). The van der Waals surface area contributed by atoms with Gasteiger partial charge in [0.2, 0.25) is 0 Å². The number of halogens is 4. The predicted molar refractivity (Wildman–Crippen MR) is 107 cm³/mol. The van der Waals surface area contributed by atoms with Crippen molar-refractivity contribution >= 4 is 10.8 Å². The van der Waals surface area contributed by atoms with Gasteiger partial charge in [0.1, 0.15) is 11.6 Å². The van der Waals surface area contributed by atoms with Gasteiger partial charge in [-0.2, -0.15) is 0 Å². The molecule has 0 heterocycles. The van der Waals surface area contributed by atoms with Crippen LogP contribution >= 0.6 is 0 Å². The zero-order chi connectivity index (χ0) is 20.5. The fourth-order valence-electron chi connectivity index (χ4n) is 4.02. The molecular formula is C25H20F4. The van der Waals surface area contributed by atoms with Crippen molar-refractivity contribution in [2.45, 2.75) is 38.5 Å². The lowest BCUT2D eigenvalue weighted by Crippen LogP contribution is -2.11. The lowest BCUT2D eigenvalue weighted by atomic mass is 9.79. The fourth-order valence-corrected chi connectivity index (χ4v) is 4.02. The third-order valence-corrected chi connectivity index (χ3v) is 5.79. The van der Waals surface area contributed by atoms with Crippen LogP contribution in [0.1, 0.15) is 55.2 Å². The lowest BCUT2D eigenvalue weighted by Gasteiger charge is -2.26. The van der Waals surface area contributed by atoms with E-state index in [-0.39, 0.29) is 16.9 Å². The van der Waals surface area contributed by atoms with Crippen molar-refractivity contribution in [3.05, 3.63) is 82.4 Å². The summed E-state index contributed by atoms with van der Waals surface area (Å²) in [6.45, 7) is 2.20. The number of hydrogen-bond donors (Lipinski definition) is 0. The summed E-state index contributed by atoms with van der Waals surface area (Å²) in [5.41, 5.74) is 0.886. The standard InChI is InChI=1S/C25H20F4/c1-15-2-6-17(7-3-15)19-13-23(27)21(24(28)14-19)10-5-16-4-9-20-18(12-16)8-11-22(26)25(20)29/h4,8-9,11-15,17H,2-3,6-7H2,1H3. The van der Waals surface area contributed by atoms with Crippen LogP contribution in [0.3, 0.4) is 0 Å². The van der Waals surface area contributed by atoms with Gasteiger partial charge >= 0.3 is 0 Å². The molecule has 1 fully saturated rings. The van der Waals surface area contributed by atoms with Crippen LogP contribution in [0.5, 0.6) is 0 Å². The molecule has 3 aromatic rings. The summed E-state index contributed by atoms with van der Waals surface area (Å²) in [7, 11) is 0. The fraction of sp³-hybridized carbons (Fsp3) is 0.280. The highest BCUT2D eigenvalue weighted by Gasteiger charge is 2.22. The average Bonchev–Trinajstić information content (AvgIpc) is 2.70. The van der Waals surface area contributed by atoms with Crippen LogP contribution in [-0.2, 0) is 0 Å². The van der Waals surface area contributed by atoms with Gasteiger partial charge in [-0.1, -0.05) is 43.7 Å². The van der Waals surface area contributed by atoms with Crippen LogP contribution in [0, 0.1) is 41.0 Å². The zero-order valence-electron chi connectivity index (χ0n) is 16.0. The molecule has 0 N–H and O–H groups in total. The van der Waals surface area contributed by atoms with E-state index in [1.165, 1.54) is 30.3 Å². The first-order valence-corrected chi connectivity index (χ1v) is 9.81. The van der Waals surface area contributed by atoms with Crippen LogP contribution in [0.4, 0.5) is 17.6 Å². The van der Waals surface area contributed by atoms with Crippen LogP contribution < -0.4 is 0 Å². The Morgan fingerprint density at radius 2 is 1.45 bits per heavy atom. The molecule has 29 heavy (non-hydrogen) atoms. The van der Waals surface area contributed by atoms with Gasteiger partial charge in [-0.15, -0.1) is 0 Å². The maximum Gasteiger partial charge on any atom is 0.166 e. The molecule has 1 saturated carbocycles. The molecule has 1 aliphatic carbocycles. The second-order valence-electron chi connectivity index (χ2n) is 7.86. The van der Waals surface area contributed by atoms with E-state index in [9.17, 15) is 17.6 Å². The zero-order valence-corrected chi connectivity index (χ0v) is 16.0. The third-order valence-electron chi connectivity index (χ3n) is 5.79. The van der Waals surface area contributed by atoms with Crippen LogP contribution in [0.25, 0.3) is 10.8 Å². The molecule has 3 aromatic carbocycles. The van der Waals surface area contributed by atoms with Crippen LogP contribution in [0.15, 0.2) is 42.5 Å². The number of rotatable bonds is 1. The summed E-state index contributed by atoms with van der Waals surface area (Å²) in [6, 6.07) is 9.76. The van der Waals surface area contributed by atoms with Gasteiger partial charge in [-0.3, -0.25) is 0 Å². The van der Waals surface area contributed by atoms with Crippen molar-refractivity contribution in [2.24, 2.45) is 5.92 Å². The molecule has 0 amide bonds. The molecule has 0 radical (unpaired) electrons. The summed E-state index contributed by atoms with van der Waals surface area (Å²) >= 11 is 0. The maximum atomic E-state index is 14.6. The molecule has 0 bridgehead atoms. The molecule has 0 aliphatic heterocycles. The molecule has 0 aromatic heterocycles. The van der Waals surface area contributed by atoms with Crippen molar-refractivity contribution < 1.29 is 17.6 Å². The van der Waals surface area contributed by atoms with E-state index in [1.54, 1.807) is 6.07 Å². The minimum atomic E-state index is -0.924. The predicted octanol–water partition coefficient (Wildman–Crippen LogP) is 7.09. The van der Waals surface area contributed by atoms with Gasteiger partial charge in [-0.25, -0.2) is 17.6 Å². The highest BCUT2D eigenvalue weighted by molar-refractivity contribution is 5.84. The minimum absolute atomic E-state index is 0.138. The average molecular weight is 396 g/mol. The SMILES string of the molecule is CC1CCC(c2cc(F)c(C#Cc3ccc4c(F)c(F)ccc4c3)c(F)c2)CC1. The third kappa shape index (κ3) is 4.00. The summed E-state index contributed by atoms with van der Waals surface area (Å²) in [5, 5.41) is 0.609. The largest absolute Gasteiger partial charge is 0.206 e. The summed E-state index contributed by atoms with van der Waals surface area (Å²) in [5.74, 6) is 2.96. The van der Waals surface area contributed by atoms with Gasteiger partial charge < -0.3 is 0 Å². The van der Waals surface area contributed by atoms with Gasteiger partial charge in [0.25, 0.3) is 0 Å².